The van der Waals surface area contributed by atoms with Crippen molar-refractivity contribution in [2.24, 2.45) is 0 Å². The Balaban J connectivity index is 1.49. The summed E-state index contributed by atoms with van der Waals surface area (Å²) >= 11 is 11.9. The number of aromatic nitrogens is 2. The Labute approximate surface area is 140 Å². The topological polar surface area (TPSA) is 38.2 Å². The molecule has 0 amide bonds. The first-order valence-electron chi connectivity index (χ1n) is 7.29. The van der Waals surface area contributed by atoms with Crippen LogP contribution in [0.15, 0.2) is 36.8 Å². The highest BCUT2D eigenvalue weighted by atomic mass is 35.5. The van der Waals surface area contributed by atoms with Gasteiger partial charge in [0.2, 0.25) is 0 Å². The van der Waals surface area contributed by atoms with E-state index in [2.05, 4.69) is 14.9 Å². The van der Waals surface area contributed by atoms with E-state index in [0.29, 0.717) is 16.7 Å². The van der Waals surface area contributed by atoms with Crippen LogP contribution in [0.4, 0.5) is 5.82 Å². The lowest BCUT2D eigenvalue weighted by Gasteiger charge is -2.32. The molecule has 4 nitrogen and oxygen atoms in total. The molecule has 2 aromatic rings. The van der Waals surface area contributed by atoms with Crippen molar-refractivity contribution in [1.29, 1.82) is 0 Å². The maximum absolute atomic E-state index is 6.02. The zero-order chi connectivity index (χ0) is 15.4. The first kappa shape index (κ1) is 15.5. The molecule has 0 aliphatic carbocycles. The van der Waals surface area contributed by atoms with E-state index in [0.717, 1.165) is 37.3 Å². The molecule has 116 valence electrons. The SMILES string of the molecule is Clc1ccc(COC2CCN(c3cnccn3)CC2)cc1Cl. The third-order valence-electron chi connectivity index (χ3n) is 3.79. The zero-order valence-corrected chi connectivity index (χ0v) is 13.6. The Bertz CT molecular complexity index is 616. The normalized spacial score (nSPS) is 16.0. The minimum absolute atomic E-state index is 0.266. The van der Waals surface area contributed by atoms with Gasteiger partial charge in [-0.1, -0.05) is 29.3 Å². The van der Waals surface area contributed by atoms with Crippen LogP contribution < -0.4 is 4.90 Å². The van der Waals surface area contributed by atoms with Crippen molar-refractivity contribution in [3.8, 4) is 0 Å². The monoisotopic (exact) mass is 337 g/mol. The predicted octanol–water partition coefficient (Wildman–Crippen LogP) is 3.97. The van der Waals surface area contributed by atoms with E-state index in [9.17, 15) is 0 Å². The number of ether oxygens (including phenoxy) is 1. The van der Waals surface area contributed by atoms with Gasteiger partial charge >= 0.3 is 0 Å². The van der Waals surface area contributed by atoms with Crippen molar-refractivity contribution >= 4 is 29.0 Å². The highest BCUT2D eigenvalue weighted by Crippen LogP contribution is 2.24. The van der Waals surface area contributed by atoms with Gasteiger partial charge in [0.05, 0.1) is 29.0 Å². The molecule has 0 spiro atoms. The van der Waals surface area contributed by atoms with Crippen molar-refractivity contribution in [2.45, 2.75) is 25.6 Å². The van der Waals surface area contributed by atoms with Crippen LogP contribution in [0.25, 0.3) is 0 Å². The highest BCUT2D eigenvalue weighted by molar-refractivity contribution is 6.42. The number of hydrogen-bond acceptors (Lipinski definition) is 4. The first-order chi connectivity index (χ1) is 10.7. The fourth-order valence-corrected chi connectivity index (χ4v) is 2.87. The average Bonchev–Trinajstić information content (AvgIpc) is 2.57. The van der Waals surface area contributed by atoms with E-state index >= 15 is 0 Å². The van der Waals surface area contributed by atoms with Gasteiger partial charge in [-0.25, -0.2) is 4.98 Å². The molecule has 0 N–H and O–H groups in total. The molecule has 0 unspecified atom stereocenters. The average molecular weight is 338 g/mol. The molecule has 0 radical (unpaired) electrons. The smallest absolute Gasteiger partial charge is 0.147 e. The van der Waals surface area contributed by atoms with Gasteiger partial charge in [0.1, 0.15) is 5.82 Å². The molecule has 3 rings (SSSR count). The van der Waals surface area contributed by atoms with Crippen LogP contribution in [0.5, 0.6) is 0 Å². The highest BCUT2D eigenvalue weighted by Gasteiger charge is 2.20. The molecular formula is C16H17Cl2N3O. The van der Waals surface area contributed by atoms with Gasteiger partial charge in [-0.2, -0.15) is 0 Å². The molecule has 1 aliphatic heterocycles. The molecule has 0 bridgehead atoms. The van der Waals surface area contributed by atoms with Gasteiger partial charge in [-0.15, -0.1) is 0 Å². The summed E-state index contributed by atoms with van der Waals surface area (Å²) in [6.45, 7) is 2.43. The van der Waals surface area contributed by atoms with E-state index in [1.807, 2.05) is 12.1 Å². The summed E-state index contributed by atoms with van der Waals surface area (Å²) < 4.78 is 5.98. The van der Waals surface area contributed by atoms with Gasteiger partial charge < -0.3 is 9.64 Å². The summed E-state index contributed by atoms with van der Waals surface area (Å²) in [5.74, 6) is 0.936. The zero-order valence-electron chi connectivity index (χ0n) is 12.1. The quantitative estimate of drug-likeness (QED) is 0.846. The maximum Gasteiger partial charge on any atom is 0.147 e. The van der Waals surface area contributed by atoms with Crippen LogP contribution in [-0.2, 0) is 11.3 Å². The number of anilines is 1. The van der Waals surface area contributed by atoms with Crippen molar-refractivity contribution in [1.82, 2.24) is 9.97 Å². The van der Waals surface area contributed by atoms with Crippen molar-refractivity contribution < 1.29 is 4.74 Å². The second-order valence-electron chi connectivity index (χ2n) is 5.31. The summed E-state index contributed by atoms with van der Waals surface area (Å²) in [5, 5.41) is 1.14. The number of halogens is 2. The summed E-state index contributed by atoms with van der Waals surface area (Å²) in [7, 11) is 0. The summed E-state index contributed by atoms with van der Waals surface area (Å²) in [6, 6.07) is 5.61. The Morgan fingerprint density at radius 1 is 1.14 bits per heavy atom. The van der Waals surface area contributed by atoms with Crippen LogP contribution in [0, 0.1) is 0 Å². The molecule has 1 aromatic heterocycles. The number of benzene rings is 1. The Morgan fingerprint density at radius 3 is 2.64 bits per heavy atom. The van der Waals surface area contributed by atoms with E-state index in [-0.39, 0.29) is 6.10 Å². The lowest BCUT2D eigenvalue weighted by Crippen LogP contribution is -2.37. The van der Waals surface area contributed by atoms with Crippen molar-refractivity contribution in [3.63, 3.8) is 0 Å². The predicted molar refractivity (Wildman–Crippen MR) is 88.5 cm³/mol. The summed E-state index contributed by atoms with van der Waals surface area (Å²) in [4.78, 5) is 10.7. The lowest BCUT2D eigenvalue weighted by atomic mass is 10.1. The molecule has 1 aromatic carbocycles. The molecule has 22 heavy (non-hydrogen) atoms. The number of piperidine rings is 1. The Morgan fingerprint density at radius 2 is 1.95 bits per heavy atom. The van der Waals surface area contributed by atoms with Gasteiger partial charge in [-0.3, -0.25) is 4.98 Å². The minimum Gasteiger partial charge on any atom is -0.373 e. The lowest BCUT2D eigenvalue weighted by molar-refractivity contribution is 0.0250. The van der Waals surface area contributed by atoms with Gasteiger partial charge in [-0.05, 0) is 30.5 Å². The van der Waals surface area contributed by atoms with Crippen LogP contribution in [0.3, 0.4) is 0 Å². The van der Waals surface area contributed by atoms with E-state index in [1.54, 1.807) is 24.7 Å². The minimum atomic E-state index is 0.266. The Hall–Kier alpha value is -1.36. The molecule has 6 heteroatoms. The van der Waals surface area contributed by atoms with Gasteiger partial charge in [0.25, 0.3) is 0 Å². The second kappa shape index (κ2) is 7.27. The van der Waals surface area contributed by atoms with Crippen molar-refractivity contribution in [3.05, 3.63) is 52.4 Å². The molecule has 1 saturated heterocycles. The van der Waals surface area contributed by atoms with Crippen LogP contribution in [0.2, 0.25) is 10.0 Å². The number of hydrogen-bond donors (Lipinski definition) is 0. The summed E-state index contributed by atoms with van der Waals surface area (Å²) in [6.07, 6.45) is 7.45. The molecule has 2 heterocycles. The fourth-order valence-electron chi connectivity index (χ4n) is 2.55. The molecule has 0 saturated carbocycles. The summed E-state index contributed by atoms with van der Waals surface area (Å²) in [5.41, 5.74) is 1.05. The largest absolute Gasteiger partial charge is 0.373 e. The second-order valence-corrected chi connectivity index (χ2v) is 6.12. The third kappa shape index (κ3) is 3.88. The maximum atomic E-state index is 6.02. The number of rotatable bonds is 4. The number of nitrogens with zero attached hydrogens (tertiary/aromatic N) is 3. The third-order valence-corrected chi connectivity index (χ3v) is 4.52. The van der Waals surface area contributed by atoms with Crippen LogP contribution in [0.1, 0.15) is 18.4 Å². The Kier molecular flexibility index (Phi) is 5.13. The van der Waals surface area contributed by atoms with E-state index in [4.69, 9.17) is 27.9 Å². The van der Waals surface area contributed by atoms with Crippen molar-refractivity contribution in [2.75, 3.05) is 18.0 Å². The first-order valence-corrected chi connectivity index (χ1v) is 8.04. The van der Waals surface area contributed by atoms with E-state index < -0.39 is 0 Å². The van der Waals surface area contributed by atoms with Crippen LogP contribution >= 0.6 is 23.2 Å². The van der Waals surface area contributed by atoms with E-state index in [1.165, 1.54) is 0 Å². The molecule has 1 aliphatic rings. The molecule has 0 atom stereocenters. The molecular weight excluding hydrogens is 321 g/mol. The van der Waals surface area contributed by atoms with Gasteiger partial charge in [0.15, 0.2) is 0 Å². The van der Waals surface area contributed by atoms with Crippen LogP contribution in [-0.4, -0.2) is 29.2 Å². The van der Waals surface area contributed by atoms with Gasteiger partial charge in [0, 0.05) is 25.5 Å². The standard InChI is InChI=1S/C16H17Cl2N3O/c17-14-2-1-12(9-15(14)18)11-22-13-3-7-21(8-4-13)16-10-19-5-6-20-16/h1-2,5-6,9-10,13H,3-4,7-8,11H2. The molecule has 1 fully saturated rings. The fraction of sp³-hybridized carbons (Fsp3) is 0.375.